The summed E-state index contributed by atoms with van der Waals surface area (Å²) >= 11 is 0. The molecule has 0 unspecified atom stereocenters. The number of hydrogen-bond donors (Lipinski definition) is 2. The summed E-state index contributed by atoms with van der Waals surface area (Å²) in [5.74, 6) is -2.33. The van der Waals surface area contributed by atoms with Crippen molar-refractivity contribution in [3.05, 3.63) is 46.5 Å². The summed E-state index contributed by atoms with van der Waals surface area (Å²) < 4.78 is 6.46. The van der Waals surface area contributed by atoms with Gasteiger partial charge in [0.2, 0.25) is 0 Å². The average molecular weight is 555 g/mol. The van der Waals surface area contributed by atoms with E-state index in [1.807, 2.05) is 33.8 Å². The van der Waals surface area contributed by atoms with Crippen LogP contribution in [0, 0.1) is 34.5 Å². The van der Waals surface area contributed by atoms with E-state index in [1.54, 1.807) is 6.92 Å². The minimum absolute atomic E-state index is 0.0850. The average Bonchev–Trinajstić information content (AvgIpc) is 2.85. The van der Waals surface area contributed by atoms with E-state index in [9.17, 15) is 24.6 Å². The van der Waals surface area contributed by atoms with E-state index in [0.29, 0.717) is 25.2 Å². The quantitative estimate of drug-likeness (QED) is 0.188. The van der Waals surface area contributed by atoms with Gasteiger partial charge < -0.3 is 14.9 Å². The highest BCUT2D eigenvalue weighted by Gasteiger charge is 2.59. The van der Waals surface area contributed by atoms with Crippen LogP contribution in [-0.2, 0) is 19.1 Å². The molecule has 1 fully saturated rings. The number of aliphatic hydroxyl groups is 1. The van der Waals surface area contributed by atoms with Gasteiger partial charge in [-0.25, -0.2) is 0 Å². The molecule has 0 aromatic heterocycles. The third-order valence-electron chi connectivity index (χ3n) is 10.0. The van der Waals surface area contributed by atoms with Gasteiger partial charge in [0.25, 0.3) is 0 Å². The number of carboxylic acid groups (broad SMARTS) is 1. The first-order chi connectivity index (χ1) is 18.6. The number of ketones is 2. The first kappa shape index (κ1) is 31.9. The molecule has 0 spiro atoms. The lowest BCUT2D eigenvalue weighted by molar-refractivity contribution is -0.138. The van der Waals surface area contributed by atoms with E-state index in [4.69, 9.17) is 4.74 Å². The molecule has 1 heterocycles. The Bertz CT molecular complexity index is 1150. The number of hydrogen-bond acceptors (Lipinski definition) is 5. The molecule has 6 nitrogen and oxygen atoms in total. The number of ether oxygens (including phenoxy) is 1. The van der Waals surface area contributed by atoms with E-state index in [0.717, 1.165) is 36.8 Å². The molecule has 3 aliphatic rings. The lowest BCUT2D eigenvalue weighted by Gasteiger charge is -2.56. The molecule has 6 heteroatoms. The van der Waals surface area contributed by atoms with Crippen LogP contribution in [0.3, 0.4) is 0 Å². The van der Waals surface area contributed by atoms with Crippen molar-refractivity contribution in [2.75, 3.05) is 0 Å². The number of allylic oxidation sites excluding steroid dienone is 6. The number of aliphatic hydroxyl groups excluding tert-OH is 1. The first-order valence-corrected chi connectivity index (χ1v) is 15.0. The lowest BCUT2D eigenvalue weighted by Crippen LogP contribution is -2.53. The topological polar surface area (TPSA) is 101 Å². The molecule has 1 aliphatic heterocycles. The van der Waals surface area contributed by atoms with Crippen LogP contribution < -0.4 is 0 Å². The molecule has 1 saturated carbocycles. The highest BCUT2D eigenvalue weighted by atomic mass is 16.5. The minimum atomic E-state index is -1.19. The van der Waals surface area contributed by atoms with Gasteiger partial charge in [-0.2, -0.15) is 0 Å². The molecule has 40 heavy (non-hydrogen) atoms. The van der Waals surface area contributed by atoms with Gasteiger partial charge >= 0.3 is 5.97 Å². The molecule has 3 rings (SSSR count). The smallest absolute Gasteiger partial charge is 0.303 e. The second-order valence-electron chi connectivity index (χ2n) is 13.5. The number of carbonyl (C=O) groups excluding carboxylic acids is 2. The summed E-state index contributed by atoms with van der Waals surface area (Å²) in [6.07, 6.45) is 6.01. The predicted molar refractivity (Wildman–Crippen MR) is 158 cm³/mol. The normalized spacial score (nSPS) is 30.3. The van der Waals surface area contributed by atoms with Gasteiger partial charge in [0.05, 0.1) is 23.3 Å². The fraction of sp³-hybridized carbons (Fsp3) is 0.676. The van der Waals surface area contributed by atoms with Crippen LogP contribution in [0.5, 0.6) is 0 Å². The SMILES string of the molecule is C=C(C)[C@@H]1C[C@H](C[C@@]2(CC=C(C)C)C(=O)C([C@@H](CCCCC)CC(=O)O)=C(O)C3=C2O[C@H](C)[C@@H](C)C3=O)C1(C)C. The number of carboxylic acids is 1. The van der Waals surface area contributed by atoms with Gasteiger partial charge in [-0.3, -0.25) is 14.4 Å². The molecule has 2 N–H and O–H groups in total. The van der Waals surface area contributed by atoms with E-state index < -0.39 is 29.3 Å². The molecule has 0 amide bonds. The minimum Gasteiger partial charge on any atom is -0.507 e. The molecule has 0 radical (unpaired) electrons. The zero-order valence-corrected chi connectivity index (χ0v) is 25.9. The number of rotatable bonds is 12. The number of aliphatic carboxylic acids is 1. The van der Waals surface area contributed by atoms with Crippen molar-refractivity contribution in [3.63, 3.8) is 0 Å². The van der Waals surface area contributed by atoms with Crippen molar-refractivity contribution in [1.82, 2.24) is 0 Å². The van der Waals surface area contributed by atoms with Crippen LogP contribution in [-0.4, -0.2) is 33.9 Å². The largest absolute Gasteiger partial charge is 0.507 e. The van der Waals surface area contributed by atoms with E-state index in [1.165, 1.54) is 0 Å². The monoisotopic (exact) mass is 554 g/mol. The van der Waals surface area contributed by atoms with Gasteiger partial charge in [-0.05, 0) is 70.6 Å². The standard InChI is InChI=1S/C34H50O6/c1-10-11-12-13-23(16-26(35)36)27-30(38)28-29(37)21(6)22(7)40-32(28)34(31(27)39,15-14-19(2)3)18-24-17-25(20(4)5)33(24,8)9/h14,21-25,38H,4,10-13,15-18H2,1-3,5-9H3,(H,35,36)/t21-,22-,23+,24-,25+,34+/m1/s1. The van der Waals surface area contributed by atoms with Crippen molar-refractivity contribution < 1.29 is 29.3 Å². The van der Waals surface area contributed by atoms with E-state index in [-0.39, 0.29) is 52.0 Å². The van der Waals surface area contributed by atoms with E-state index in [2.05, 4.69) is 27.4 Å². The Kier molecular flexibility index (Phi) is 9.63. The molecule has 0 saturated heterocycles. The lowest BCUT2D eigenvalue weighted by atomic mass is 9.48. The second kappa shape index (κ2) is 12.1. The third-order valence-corrected chi connectivity index (χ3v) is 10.0. The van der Waals surface area contributed by atoms with Crippen molar-refractivity contribution in [1.29, 1.82) is 0 Å². The highest BCUT2D eigenvalue weighted by molar-refractivity contribution is 6.12. The van der Waals surface area contributed by atoms with Gasteiger partial charge in [0.15, 0.2) is 11.6 Å². The Balaban J connectivity index is 2.27. The van der Waals surface area contributed by atoms with Gasteiger partial charge in [-0.1, -0.05) is 70.8 Å². The van der Waals surface area contributed by atoms with Crippen LogP contribution in [0.25, 0.3) is 0 Å². The predicted octanol–water partition coefficient (Wildman–Crippen LogP) is 7.90. The summed E-state index contributed by atoms with van der Waals surface area (Å²) in [6, 6.07) is 0. The molecular formula is C34H50O6. The van der Waals surface area contributed by atoms with E-state index >= 15 is 0 Å². The maximum atomic E-state index is 14.9. The zero-order chi connectivity index (χ0) is 30.2. The number of Topliss-reactive ketones (excluding diaryl/α,β-unsaturated/α-hetero) is 2. The summed E-state index contributed by atoms with van der Waals surface area (Å²) in [4.78, 5) is 40.7. The molecular weight excluding hydrogens is 504 g/mol. The fourth-order valence-corrected chi connectivity index (χ4v) is 7.11. The Morgan fingerprint density at radius 3 is 2.35 bits per heavy atom. The first-order valence-electron chi connectivity index (χ1n) is 15.0. The second-order valence-corrected chi connectivity index (χ2v) is 13.5. The van der Waals surface area contributed by atoms with Crippen LogP contribution >= 0.6 is 0 Å². The summed E-state index contributed by atoms with van der Waals surface area (Å²) in [5.41, 5.74) is 1.05. The maximum Gasteiger partial charge on any atom is 0.303 e. The van der Waals surface area contributed by atoms with Gasteiger partial charge in [0.1, 0.15) is 17.6 Å². The van der Waals surface area contributed by atoms with Crippen molar-refractivity contribution in [2.24, 2.45) is 34.5 Å². The van der Waals surface area contributed by atoms with Crippen molar-refractivity contribution in [3.8, 4) is 0 Å². The van der Waals surface area contributed by atoms with Crippen LogP contribution in [0.2, 0.25) is 0 Å². The van der Waals surface area contributed by atoms with Crippen molar-refractivity contribution >= 4 is 17.5 Å². The third kappa shape index (κ3) is 5.73. The zero-order valence-electron chi connectivity index (χ0n) is 25.9. The van der Waals surface area contributed by atoms with Gasteiger partial charge in [-0.15, -0.1) is 0 Å². The molecule has 0 bridgehead atoms. The Labute approximate surface area is 240 Å². The van der Waals surface area contributed by atoms with Gasteiger partial charge in [0, 0.05) is 11.5 Å². The maximum absolute atomic E-state index is 14.9. The molecule has 2 aliphatic carbocycles. The highest BCUT2D eigenvalue weighted by Crippen LogP contribution is 2.61. The summed E-state index contributed by atoms with van der Waals surface area (Å²) in [7, 11) is 0. The summed E-state index contributed by atoms with van der Waals surface area (Å²) in [6.45, 7) is 20.3. The Hall–Kier alpha value is -2.63. The molecule has 222 valence electrons. The number of unbranched alkanes of at least 4 members (excludes halogenated alkanes) is 2. The number of carbonyl (C=O) groups is 3. The van der Waals surface area contributed by atoms with Crippen LogP contribution in [0.4, 0.5) is 0 Å². The van der Waals surface area contributed by atoms with Crippen LogP contribution in [0.15, 0.2) is 46.5 Å². The molecule has 0 aromatic carbocycles. The Morgan fingerprint density at radius 1 is 1.18 bits per heavy atom. The van der Waals surface area contributed by atoms with Crippen LogP contribution in [0.1, 0.15) is 107 Å². The molecule has 6 atom stereocenters. The molecule has 0 aromatic rings. The summed E-state index contributed by atoms with van der Waals surface area (Å²) in [5, 5.41) is 21.5. The van der Waals surface area contributed by atoms with Crippen molar-refractivity contribution in [2.45, 2.75) is 113 Å². The Morgan fingerprint density at radius 2 is 1.82 bits per heavy atom. The fourth-order valence-electron chi connectivity index (χ4n) is 7.11.